The molecule has 0 radical (unpaired) electrons. The molecule has 664 valence electrons. The van der Waals surface area contributed by atoms with Crippen LogP contribution in [0.5, 0.6) is 5.75 Å². The number of carbonyl (C=O) groups excluding carboxylic acids is 14. The molecule has 0 unspecified atom stereocenters. The van der Waals surface area contributed by atoms with Crippen molar-refractivity contribution in [1.29, 1.82) is 0 Å². The third-order valence-electron chi connectivity index (χ3n) is 19.3. The summed E-state index contributed by atoms with van der Waals surface area (Å²) >= 11 is 0. The first-order chi connectivity index (χ1) is 56.4. The van der Waals surface area contributed by atoms with Gasteiger partial charge in [-0.05, 0) is 114 Å². The molecule has 0 aliphatic carbocycles. The summed E-state index contributed by atoms with van der Waals surface area (Å²) in [7, 11) is 0. The summed E-state index contributed by atoms with van der Waals surface area (Å²) in [4.78, 5) is 232. The molecule has 0 spiro atoms. The predicted molar refractivity (Wildman–Crippen MR) is 429 cm³/mol. The lowest BCUT2D eigenvalue weighted by atomic mass is 9.96. The van der Waals surface area contributed by atoms with Gasteiger partial charge in [-0.15, -0.1) is 0 Å². The van der Waals surface area contributed by atoms with Crippen molar-refractivity contribution < 1.29 is 112 Å². The lowest BCUT2D eigenvalue weighted by Crippen LogP contribution is -2.63. The van der Waals surface area contributed by atoms with E-state index < -0.39 is 229 Å². The molecule has 0 saturated carbocycles. The second-order valence-electron chi connectivity index (χ2n) is 30.5. The number of carboxylic acids is 2. The number of aromatic nitrogens is 2. The van der Waals surface area contributed by atoms with E-state index in [0.29, 0.717) is 17.5 Å². The summed E-state index contributed by atoms with van der Waals surface area (Å²) < 4.78 is 0. The number of phenols is 1. The number of phenolic OH excluding ortho intramolecular Hbond substituents is 1. The van der Waals surface area contributed by atoms with Crippen LogP contribution >= 0.6 is 0 Å². The van der Waals surface area contributed by atoms with Gasteiger partial charge in [0.05, 0.1) is 50.3 Å². The molecule has 1 aliphatic heterocycles. The number of aliphatic imine (C=N–C) groups is 1. The number of guanidine groups is 1. The molecule has 43 nitrogen and oxygen atoms in total. The van der Waals surface area contributed by atoms with Crippen molar-refractivity contribution in [1.82, 2.24) is 84.0 Å². The number of nitrogens with two attached hydrogens (primary N) is 3. The number of rotatable bonds is 50. The summed E-state index contributed by atoms with van der Waals surface area (Å²) in [5.74, 6) is -19.0. The zero-order chi connectivity index (χ0) is 89.9. The zero-order valence-electron chi connectivity index (χ0n) is 68.7. The minimum Gasteiger partial charge on any atom is -0.508 e. The molecular weight excluding hydrogens is 1570 g/mol. The Bertz CT molecular complexity index is 4000. The van der Waals surface area contributed by atoms with Crippen LogP contribution in [-0.2, 0) is 96.0 Å². The Labute approximate surface area is 693 Å². The number of aliphatic hydroxyl groups is 4. The molecule has 3 aromatic rings. The van der Waals surface area contributed by atoms with Crippen LogP contribution in [0.4, 0.5) is 0 Å². The highest BCUT2D eigenvalue weighted by Crippen LogP contribution is 2.21. The summed E-state index contributed by atoms with van der Waals surface area (Å²) in [5.41, 5.74) is 18.8. The fourth-order valence-electron chi connectivity index (χ4n) is 12.6. The Balaban J connectivity index is 1.48. The second kappa shape index (κ2) is 49.4. The smallest absolute Gasteiger partial charge is 0.328 e. The lowest BCUT2D eigenvalue weighted by Gasteiger charge is -2.30. The van der Waals surface area contributed by atoms with E-state index in [9.17, 15) is 112 Å². The van der Waals surface area contributed by atoms with Gasteiger partial charge < -0.3 is 132 Å². The van der Waals surface area contributed by atoms with E-state index in [1.165, 1.54) is 31.6 Å². The normalized spacial score (nSPS) is 16.8. The van der Waals surface area contributed by atoms with E-state index in [-0.39, 0.29) is 94.2 Å². The first kappa shape index (κ1) is 100. The van der Waals surface area contributed by atoms with Gasteiger partial charge in [-0.2, -0.15) is 0 Å². The molecular formula is C77H118N20O23. The first-order valence-corrected chi connectivity index (χ1v) is 39.4. The third-order valence-corrected chi connectivity index (χ3v) is 19.3. The Hall–Kier alpha value is -12.0. The van der Waals surface area contributed by atoms with Gasteiger partial charge in [0.15, 0.2) is 12.0 Å². The van der Waals surface area contributed by atoms with Crippen molar-refractivity contribution in [3.8, 4) is 5.75 Å². The third kappa shape index (κ3) is 33.4. The number of aliphatic hydroxyl groups excluding tert-OH is 4. The van der Waals surface area contributed by atoms with E-state index in [4.69, 9.17) is 17.2 Å². The number of amides is 14. The Morgan fingerprint density at radius 2 is 1.03 bits per heavy atom. The molecule has 1 fully saturated rings. The minimum atomic E-state index is -1.94. The molecule has 1 saturated heterocycles. The molecule has 1 aliphatic rings. The largest absolute Gasteiger partial charge is 0.508 e. The molecule has 4 rings (SSSR count). The number of hydrogen-bond acceptors (Lipinski definition) is 24. The molecule has 43 heteroatoms. The number of imidazole rings is 1. The molecule has 2 aromatic carbocycles. The zero-order valence-corrected chi connectivity index (χ0v) is 68.7. The van der Waals surface area contributed by atoms with E-state index in [2.05, 4.69) is 78.8 Å². The van der Waals surface area contributed by atoms with Crippen molar-refractivity contribution >= 4 is 101 Å². The number of carbonyl (C=O) groups is 16. The molecule has 1 aromatic heterocycles. The van der Waals surface area contributed by atoms with Gasteiger partial charge in [0, 0.05) is 37.8 Å². The van der Waals surface area contributed by atoms with Gasteiger partial charge >= 0.3 is 11.9 Å². The Kier molecular flexibility index (Phi) is 41.4. The van der Waals surface area contributed by atoms with Crippen LogP contribution in [0.25, 0.3) is 0 Å². The van der Waals surface area contributed by atoms with Crippen molar-refractivity contribution in [2.75, 3.05) is 26.2 Å². The first-order valence-electron chi connectivity index (χ1n) is 39.4. The van der Waals surface area contributed by atoms with E-state index in [1.54, 1.807) is 84.0 Å². The average molecular weight is 1690 g/mol. The SMILES string of the molecule is CC[C@H](C)[C@H](NC(=O)[C@@H](N)Cc1ccc(O)cc1)C(=O)N[C@@H](Cc1ccccc1)C(=O)N[C@@H](CO)C(=O)N1CCC[C@H]1C(=O)N[C@@H](CCCN=C(N)N)C(=O)NCC(=O)N[C@@H](CC(=O)O)C(=O)N[C@@H](CC(C)C)C(=O)N[C@@H](C)C(=O)N[C@@H](Cc1cnc[nH]1)C(=O)N[C@@H](CC(C)C)C(=O)N[C@H](C(=O)N[C@H](C(=O)N[C@H](C(=O)O)[C@@H](C)O)[C@@H](C)O)[C@@H](C)O. The van der Waals surface area contributed by atoms with Gasteiger partial charge in [0.1, 0.15) is 78.3 Å². The van der Waals surface area contributed by atoms with Crippen LogP contribution in [0.2, 0.25) is 0 Å². The molecule has 18 atom stereocenters. The number of aromatic amines is 1. The van der Waals surface area contributed by atoms with Crippen LogP contribution in [-0.4, -0.2) is 280 Å². The average Bonchev–Trinajstić information content (AvgIpc) is 1.75. The topological polar surface area (TPSA) is 693 Å². The van der Waals surface area contributed by atoms with E-state index in [1.807, 2.05) is 5.32 Å². The number of benzene rings is 2. The number of carboxylic acid groups (broad SMARTS) is 2. The molecule has 27 N–H and O–H groups in total. The maximum atomic E-state index is 14.4. The van der Waals surface area contributed by atoms with Crippen molar-refractivity contribution in [2.24, 2.45) is 39.9 Å². The highest BCUT2D eigenvalue weighted by atomic mass is 16.4. The fourth-order valence-corrected chi connectivity index (χ4v) is 12.6. The number of nitrogens with zero attached hydrogens (tertiary/aromatic N) is 3. The highest BCUT2D eigenvalue weighted by Gasteiger charge is 2.43. The standard InChI is InChI=1S/C77H118N20O23/c1-11-39(6)59(93-64(107)48(78)29-45-21-23-47(102)24-22-45)72(115)91-52(30-44-17-13-12-14-18-44)67(110)92-55(35-98)75(118)97-26-16-20-56(97)71(114)87-49(19-15-25-82-77(79)80)65(108)83-34-57(103)86-54(32-58(104)105)69(112)89-50(27-37(2)3)66(109)85-40(7)63(106)88-53(31-46-33-81-36-84-46)68(111)90-51(28-38(4)5)70(113)94-60(41(8)99)73(116)95-61(42(9)100)74(117)96-62(43(10)101)76(119)120/h12-14,17-18,21-24,33,36-43,48-56,59-62,98-102H,11,15-16,19-20,25-32,34-35,78H2,1-10H3,(H,81,84)(H,83,108)(H,85,109)(H,86,103)(H,87,114)(H,88,106)(H,89,112)(H,90,111)(H,91,115)(H,92,110)(H,93,107)(H,94,113)(H,95,116)(H,96,117)(H,104,105)(H,119,120)(H4,79,80,82)/t39-,40-,41+,42+,43+,48-,49-,50-,51-,52-,53-,54-,55-,56-,59-,60-,61-,62-/m0/s1. The minimum absolute atomic E-state index is 0.00705. The number of H-pyrrole nitrogens is 1. The maximum absolute atomic E-state index is 14.4. The lowest BCUT2D eigenvalue weighted by molar-refractivity contribution is -0.146. The molecule has 14 amide bonds. The number of aromatic hydroxyl groups is 1. The van der Waals surface area contributed by atoms with Gasteiger partial charge in [0.25, 0.3) is 0 Å². The highest BCUT2D eigenvalue weighted by molar-refractivity contribution is 6.01. The van der Waals surface area contributed by atoms with Crippen molar-refractivity contribution in [3.05, 3.63) is 83.9 Å². The second-order valence-corrected chi connectivity index (χ2v) is 30.5. The fraction of sp³-hybridized carbons (Fsp3) is 0.584. The number of aliphatic carboxylic acids is 2. The van der Waals surface area contributed by atoms with Crippen LogP contribution in [0.3, 0.4) is 0 Å². The van der Waals surface area contributed by atoms with Gasteiger partial charge in [-0.25, -0.2) is 9.78 Å². The van der Waals surface area contributed by atoms with Crippen molar-refractivity contribution in [2.45, 2.75) is 243 Å². The van der Waals surface area contributed by atoms with Gasteiger partial charge in [0.2, 0.25) is 82.7 Å². The van der Waals surface area contributed by atoms with E-state index in [0.717, 1.165) is 25.7 Å². The van der Waals surface area contributed by atoms with Crippen LogP contribution < -0.4 is 86.3 Å². The summed E-state index contributed by atoms with van der Waals surface area (Å²) in [6.45, 7) is 12.5. The predicted octanol–water partition coefficient (Wildman–Crippen LogP) is -6.70. The molecule has 0 bridgehead atoms. The Morgan fingerprint density at radius 1 is 0.542 bits per heavy atom. The monoisotopic (exact) mass is 1690 g/mol. The Morgan fingerprint density at radius 3 is 1.55 bits per heavy atom. The van der Waals surface area contributed by atoms with Crippen molar-refractivity contribution in [3.63, 3.8) is 0 Å². The molecule has 2 heterocycles. The number of nitrogens with one attached hydrogen (secondary N) is 14. The number of likely N-dealkylation sites (tertiary alicyclic amines) is 1. The van der Waals surface area contributed by atoms with Gasteiger partial charge in [-0.3, -0.25) is 76.9 Å². The number of hydrogen-bond donors (Lipinski definition) is 24. The quantitative estimate of drug-likeness (QED) is 0.0142. The van der Waals surface area contributed by atoms with Crippen LogP contribution in [0.1, 0.15) is 137 Å². The summed E-state index contributed by atoms with van der Waals surface area (Å²) in [6, 6.07) is -7.51. The van der Waals surface area contributed by atoms with Crippen LogP contribution in [0, 0.1) is 17.8 Å². The summed E-state index contributed by atoms with van der Waals surface area (Å²) in [6.07, 6.45) is -3.76. The summed E-state index contributed by atoms with van der Waals surface area (Å²) in [5, 5.41) is 102. The van der Waals surface area contributed by atoms with Gasteiger partial charge in [-0.1, -0.05) is 90.4 Å². The maximum Gasteiger partial charge on any atom is 0.328 e. The van der Waals surface area contributed by atoms with E-state index >= 15 is 0 Å². The van der Waals surface area contributed by atoms with Crippen LogP contribution in [0.15, 0.2) is 72.1 Å². The molecule has 120 heavy (non-hydrogen) atoms.